The summed E-state index contributed by atoms with van der Waals surface area (Å²) in [5, 5.41) is 7.06. The van der Waals surface area contributed by atoms with Crippen LogP contribution in [-0.4, -0.2) is 75.1 Å². The van der Waals surface area contributed by atoms with Crippen LogP contribution in [0.2, 0.25) is 0 Å². The molecule has 0 bridgehead atoms. The summed E-state index contributed by atoms with van der Waals surface area (Å²) in [4.78, 5) is 40.1. The number of alkyl halides is 3. The highest BCUT2D eigenvalue weighted by atomic mass is 32.1. The van der Waals surface area contributed by atoms with E-state index in [1.807, 2.05) is 0 Å². The Balaban J connectivity index is 1.43. The van der Waals surface area contributed by atoms with Crippen molar-refractivity contribution < 1.29 is 27.5 Å². The number of anilines is 1. The van der Waals surface area contributed by atoms with Crippen molar-refractivity contribution >= 4 is 29.1 Å². The molecule has 0 aromatic carbocycles. The molecule has 2 aliphatic carbocycles. The summed E-state index contributed by atoms with van der Waals surface area (Å²) >= 11 is 0.797. The standard InChI is InChI=1S/C28H31F3N8O3S/c1-4-33-26(41)37-22-10-18(24-36-20(13-43-24)28(29,30)31)19(12-34-22)17-7-14(25(40)39(3)32)11-35-23(17)42-16-8-15-5-6-27(15)21(9-16)38(27)2/h7,10-13,15-16,21H,4-6,8-9,32H2,1-3H3,(H2,33,34,37,41)/t15-,16+,21-,27?,38?/m0/s1. The molecular formula is C28H31F3N8O3S. The Morgan fingerprint density at radius 1 is 1.21 bits per heavy atom. The fraction of sp³-hybridized carbons (Fsp3) is 0.464. The minimum atomic E-state index is -4.65. The van der Waals surface area contributed by atoms with Crippen LogP contribution >= 0.6 is 11.3 Å². The van der Waals surface area contributed by atoms with Gasteiger partial charge in [0, 0.05) is 66.1 Å². The van der Waals surface area contributed by atoms with E-state index in [1.165, 1.54) is 31.9 Å². The third-order valence-electron chi connectivity index (χ3n) is 8.76. The van der Waals surface area contributed by atoms with E-state index in [1.54, 1.807) is 13.0 Å². The van der Waals surface area contributed by atoms with Gasteiger partial charge in [-0.1, -0.05) is 0 Å². The van der Waals surface area contributed by atoms with Gasteiger partial charge in [0.1, 0.15) is 16.9 Å². The first-order valence-electron chi connectivity index (χ1n) is 13.9. The van der Waals surface area contributed by atoms with E-state index < -0.39 is 23.8 Å². The third kappa shape index (κ3) is 5.18. The predicted molar refractivity (Wildman–Crippen MR) is 153 cm³/mol. The maximum absolute atomic E-state index is 13.5. The first kappa shape index (κ1) is 29.3. The number of thiazole rings is 1. The van der Waals surface area contributed by atoms with Crippen LogP contribution in [0.3, 0.4) is 0 Å². The average molecular weight is 617 g/mol. The van der Waals surface area contributed by atoms with Gasteiger partial charge in [0.25, 0.3) is 5.91 Å². The number of nitrogens with two attached hydrogens (primary N) is 1. The molecule has 228 valence electrons. The lowest BCUT2D eigenvalue weighted by atomic mass is 9.64. The van der Waals surface area contributed by atoms with Crippen LogP contribution in [0, 0.1) is 5.92 Å². The van der Waals surface area contributed by atoms with Crippen LogP contribution < -0.4 is 21.2 Å². The molecule has 3 amide bonds. The number of nitrogens with zero attached hydrogens (tertiary/aromatic N) is 5. The van der Waals surface area contributed by atoms with Gasteiger partial charge in [0.15, 0.2) is 5.69 Å². The first-order valence-corrected chi connectivity index (χ1v) is 14.8. The predicted octanol–water partition coefficient (Wildman–Crippen LogP) is 4.38. The smallest absolute Gasteiger partial charge is 0.434 e. The van der Waals surface area contributed by atoms with Crippen molar-refractivity contribution in [1.29, 1.82) is 0 Å². The Morgan fingerprint density at radius 3 is 2.63 bits per heavy atom. The number of hydrogen-bond acceptors (Lipinski definition) is 9. The highest BCUT2D eigenvalue weighted by Crippen LogP contribution is 2.64. The molecule has 4 N–H and O–H groups in total. The fourth-order valence-corrected chi connectivity index (χ4v) is 7.40. The van der Waals surface area contributed by atoms with Gasteiger partial charge in [0.05, 0.1) is 5.56 Å². The molecule has 6 rings (SSSR count). The van der Waals surface area contributed by atoms with Crippen LogP contribution in [0.15, 0.2) is 29.9 Å². The van der Waals surface area contributed by atoms with E-state index >= 15 is 0 Å². The quantitative estimate of drug-likeness (QED) is 0.154. The van der Waals surface area contributed by atoms with Crippen LogP contribution in [-0.2, 0) is 6.18 Å². The van der Waals surface area contributed by atoms with Gasteiger partial charge < -0.3 is 10.1 Å². The van der Waals surface area contributed by atoms with E-state index in [4.69, 9.17) is 10.6 Å². The molecule has 2 saturated carbocycles. The van der Waals surface area contributed by atoms with Gasteiger partial charge in [-0.3, -0.25) is 20.0 Å². The van der Waals surface area contributed by atoms with E-state index in [2.05, 4.69) is 37.5 Å². The van der Waals surface area contributed by atoms with Crippen molar-refractivity contribution in [3.05, 3.63) is 41.2 Å². The number of amides is 3. The molecule has 3 aliphatic rings. The highest BCUT2D eigenvalue weighted by molar-refractivity contribution is 7.13. The number of aromatic nitrogens is 3. The summed E-state index contributed by atoms with van der Waals surface area (Å²) in [7, 11) is 3.54. The van der Waals surface area contributed by atoms with Crippen LogP contribution in [0.4, 0.5) is 23.8 Å². The van der Waals surface area contributed by atoms with Gasteiger partial charge in [-0.25, -0.2) is 25.6 Å². The van der Waals surface area contributed by atoms with Crippen molar-refractivity contribution in [2.75, 3.05) is 26.0 Å². The molecule has 0 radical (unpaired) electrons. The SMILES string of the molecule is CCNC(=O)Nc1cc(-c2nc(C(F)(F)F)cs2)c(-c2cc(C(=O)N(C)N)cnc2O[C@@H]2C[C@@H]3CCC34[C@H](C2)N4C)cn1. The van der Waals surface area contributed by atoms with Crippen molar-refractivity contribution in [2.24, 2.45) is 11.8 Å². The van der Waals surface area contributed by atoms with Gasteiger partial charge in [-0.2, -0.15) is 13.2 Å². The molecular weight excluding hydrogens is 585 g/mol. The fourth-order valence-electron chi connectivity index (χ4n) is 6.54. The number of likely N-dealkylation sites (tertiary alicyclic amines) is 1. The lowest BCUT2D eigenvalue weighted by Gasteiger charge is -2.43. The molecule has 4 heterocycles. The zero-order valence-electron chi connectivity index (χ0n) is 23.7. The maximum atomic E-state index is 13.5. The summed E-state index contributed by atoms with van der Waals surface area (Å²) in [6.07, 6.45) is 2.00. The molecule has 1 saturated heterocycles. The van der Waals surface area contributed by atoms with Crippen molar-refractivity contribution in [2.45, 2.75) is 56.5 Å². The molecule has 1 aliphatic heterocycles. The minimum Gasteiger partial charge on any atom is -0.474 e. The second-order valence-electron chi connectivity index (χ2n) is 11.2. The molecule has 5 atom stereocenters. The number of hydrogen-bond donors (Lipinski definition) is 3. The van der Waals surface area contributed by atoms with Crippen molar-refractivity contribution in [1.82, 2.24) is 30.2 Å². The second kappa shape index (κ2) is 10.7. The topological polar surface area (TPSA) is 138 Å². The average Bonchev–Trinajstić information content (AvgIpc) is 3.29. The maximum Gasteiger partial charge on any atom is 0.434 e. The highest BCUT2D eigenvalue weighted by Gasteiger charge is 2.71. The third-order valence-corrected chi connectivity index (χ3v) is 9.64. The molecule has 2 unspecified atom stereocenters. The summed E-state index contributed by atoms with van der Waals surface area (Å²) in [6, 6.07) is 2.90. The summed E-state index contributed by atoms with van der Waals surface area (Å²) < 4.78 is 47.1. The van der Waals surface area contributed by atoms with Gasteiger partial charge >= 0.3 is 12.2 Å². The number of likely N-dealkylation sites (N-methyl/N-ethyl adjacent to an activating group) is 1. The zero-order chi connectivity index (χ0) is 30.7. The first-order chi connectivity index (χ1) is 20.4. The molecule has 15 heteroatoms. The van der Waals surface area contributed by atoms with E-state index in [9.17, 15) is 22.8 Å². The largest absolute Gasteiger partial charge is 0.474 e. The Labute approximate surface area is 249 Å². The number of rotatable bonds is 7. The molecule has 1 spiro atoms. The van der Waals surface area contributed by atoms with Crippen molar-refractivity contribution in [3.8, 4) is 27.6 Å². The van der Waals surface area contributed by atoms with Crippen LogP contribution in [0.5, 0.6) is 5.88 Å². The number of pyridine rings is 2. The number of ether oxygens (including phenoxy) is 1. The summed E-state index contributed by atoms with van der Waals surface area (Å²) in [6.45, 7) is 2.11. The second-order valence-corrected chi connectivity index (χ2v) is 12.1. The minimum absolute atomic E-state index is 0.0406. The lowest BCUT2D eigenvalue weighted by molar-refractivity contribution is -0.140. The van der Waals surface area contributed by atoms with Gasteiger partial charge in [-0.15, -0.1) is 11.3 Å². The molecule has 3 aromatic heterocycles. The number of carbonyl (C=O) groups is 2. The lowest BCUT2D eigenvalue weighted by Crippen LogP contribution is -2.46. The molecule has 11 nitrogen and oxygen atoms in total. The molecule has 43 heavy (non-hydrogen) atoms. The van der Waals surface area contributed by atoms with Crippen LogP contribution in [0.1, 0.15) is 48.7 Å². The Hall–Kier alpha value is -3.82. The van der Waals surface area contributed by atoms with Crippen molar-refractivity contribution in [3.63, 3.8) is 0 Å². The number of carbonyl (C=O) groups excluding carboxylic acids is 2. The molecule has 3 aromatic rings. The Kier molecular flexibility index (Phi) is 7.29. The number of hydrazine groups is 1. The van der Waals surface area contributed by atoms with Gasteiger partial charge in [-0.05, 0) is 51.3 Å². The van der Waals surface area contributed by atoms with E-state index in [0.717, 1.165) is 41.0 Å². The summed E-state index contributed by atoms with van der Waals surface area (Å²) in [5.41, 5.74) is 0.335. The number of halogens is 3. The van der Waals surface area contributed by atoms with Gasteiger partial charge in [0.2, 0.25) is 5.88 Å². The van der Waals surface area contributed by atoms with Crippen LogP contribution in [0.25, 0.3) is 21.7 Å². The molecule has 3 fully saturated rings. The Morgan fingerprint density at radius 2 is 2.00 bits per heavy atom. The number of urea groups is 1. The zero-order valence-corrected chi connectivity index (χ0v) is 24.6. The summed E-state index contributed by atoms with van der Waals surface area (Å²) in [5.74, 6) is 6.05. The Bertz CT molecular complexity index is 1570. The number of nitrogens with one attached hydrogen (secondary N) is 2. The van der Waals surface area contributed by atoms with E-state index in [-0.39, 0.29) is 33.9 Å². The monoisotopic (exact) mass is 616 g/mol. The normalized spacial score (nSPS) is 25.6. The van der Waals surface area contributed by atoms with E-state index in [0.29, 0.717) is 35.2 Å².